The average Bonchev–Trinajstić information content (AvgIpc) is 3.36. The van der Waals surface area contributed by atoms with Crippen molar-refractivity contribution < 1.29 is 9.53 Å². The van der Waals surface area contributed by atoms with Crippen LogP contribution in [0.5, 0.6) is 5.75 Å². The van der Waals surface area contributed by atoms with Crippen molar-refractivity contribution in [2.24, 2.45) is 5.10 Å². The molecule has 146 valence electrons. The molecule has 2 heterocycles. The van der Waals surface area contributed by atoms with E-state index in [4.69, 9.17) is 17.0 Å². The minimum Gasteiger partial charge on any atom is -0.493 e. The Morgan fingerprint density at radius 3 is 2.93 bits per heavy atom. The number of aromatic nitrogens is 3. The minimum atomic E-state index is -0.246. The van der Waals surface area contributed by atoms with Gasteiger partial charge in [-0.2, -0.15) is 14.9 Å². The number of rotatable bonds is 10. The zero-order valence-electron chi connectivity index (χ0n) is 15.6. The van der Waals surface area contributed by atoms with Crippen LogP contribution < -0.4 is 4.74 Å². The maximum absolute atomic E-state index is 12.7. The van der Waals surface area contributed by atoms with Gasteiger partial charge in [-0.3, -0.25) is 4.79 Å². The summed E-state index contributed by atoms with van der Waals surface area (Å²) in [4.78, 5) is 13.6. The number of aromatic amines is 1. The predicted molar refractivity (Wildman–Crippen MR) is 115 cm³/mol. The Hall–Kier alpha value is -2.58. The first-order valence-electron chi connectivity index (χ1n) is 9.22. The molecule has 0 atom stereocenters. The van der Waals surface area contributed by atoms with Crippen molar-refractivity contribution >= 4 is 35.6 Å². The van der Waals surface area contributed by atoms with Crippen molar-refractivity contribution in [2.75, 3.05) is 6.61 Å². The third-order valence-corrected chi connectivity index (χ3v) is 5.22. The predicted octanol–water partition coefficient (Wildman–Crippen LogP) is 5.35. The Morgan fingerprint density at radius 1 is 1.29 bits per heavy atom. The van der Waals surface area contributed by atoms with Gasteiger partial charge in [0.1, 0.15) is 5.75 Å². The molecule has 0 aliphatic rings. The van der Waals surface area contributed by atoms with Crippen LogP contribution in [0.3, 0.4) is 0 Å². The van der Waals surface area contributed by atoms with Crippen molar-refractivity contribution in [2.45, 2.75) is 32.6 Å². The highest BCUT2D eigenvalue weighted by Gasteiger charge is 2.12. The van der Waals surface area contributed by atoms with E-state index in [1.165, 1.54) is 35.1 Å². The lowest BCUT2D eigenvalue weighted by atomic mass is 10.1. The zero-order chi connectivity index (χ0) is 19.8. The van der Waals surface area contributed by atoms with Gasteiger partial charge in [-0.1, -0.05) is 44.4 Å². The lowest BCUT2D eigenvalue weighted by molar-refractivity contribution is 0.106. The largest absolute Gasteiger partial charge is 0.493 e. The average molecular weight is 415 g/mol. The van der Waals surface area contributed by atoms with Crippen LogP contribution in [0.25, 0.3) is 10.7 Å². The van der Waals surface area contributed by atoms with Crippen molar-refractivity contribution in [1.82, 2.24) is 14.9 Å². The molecule has 3 aromatic rings. The number of Topliss-reactive ketones (excluding diaryl/α,β-unsaturated/α-hetero) is 1. The monoisotopic (exact) mass is 414 g/mol. The van der Waals surface area contributed by atoms with Crippen LogP contribution in [-0.4, -0.2) is 33.5 Å². The van der Waals surface area contributed by atoms with Crippen LogP contribution in [0.15, 0.2) is 46.9 Å². The van der Waals surface area contributed by atoms with Crippen molar-refractivity contribution in [3.8, 4) is 16.5 Å². The van der Waals surface area contributed by atoms with Gasteiger partial charge < -0.3 is 4.74 Å². The van der Waals surface area contributed by atoms with Crippen molar-refractivity contribution in [3.63, 3.8) is 0 Å². The summed E-state index contributed by atoms with van der Waals surface area (Å²) in [7, 11) is 0. The van der Waals surface area contributed by atoms with Gasteiger partial charge in [0.05, 0.1) is 23.3 Å². The summed E-state index contributed by atoms with van der Waals surface area (Å²) in [5.41, 5.74) is 0.481. The van der Waals surface area contributed by atoms with E-state index in [1.807, 2.05) is 35.7 Å². The van der Waals surface area contributed by atoms with E-state index in [0.29, 0.717) is 28.5 Å². The minimum absolute atomic E-state index is 0.246. The molecule has 0 bridgehead atoms. The van der Waals surface area contributed by atoms with Crippen LogP contribution in [-0.2, 0) is 0 Å². The molecular weight excluding hydrogens is 392 g/mol. The van der Waals surface area contributed by atoms with Gasteiger partial charge in [0.25, 0.3) is 0 Å². The lowest BCUT2D eigenvalue weighted by Gasteiger charge is -2.09. The molecular formula is C20H22N4O2S2. The smallest absolute Gasteiger partial charge is 0.216 e. The van der Waals surface area contributed by atoms with Gasteiger partial charge in [0.2, 0.25) is 10.6 Å². The van der Waals surface area contributed by atoms with Crippen LogP contribution in [0.2, 0.25) is 0 Å². The summed E-state index contributed by atoms with van der Waals surface area (Å²) in [6.07, 6.45) is 5.71. The summed E-state index contributed by atoms with van der Waals surface area (Å²) in [6.45, 7) is 2.76. The number of hydrogen-bond acceptors (Lipinski definition) is 6. The molecule has 1 aromatic carbocycles. The first-order chi connectivity index (χ1) is 13.7. The number of hydrogen-bond donors (Lipinski definition) is 1. The second kappa shape index (κ2) is 10.1. The fraction of sp³-hybridized carbons (Fsp3) is 0.300. The number of nitrogens with zero attached hydrogens (tertiary/aromatic N) is 3. The highest BCUT2D eigenvalue weighted by Crippen LogP contribution is 2.23. The first kappa shape index (κ1) is 20.2. The molecule has 2 aromatic heterocycles. The molecule has 0 aliphatic carbocycles. The summed E-state index contributed by atoms with van der Waals surface area (Å²) in [5, 5.41) is 13.1. The quantitative estimate of drug-likeness (QED) is 0.210. The number of benzene rings is 1. The number of ether oxygens (including phenoxy) is 1. The maximum atomic E-state index is 12.7. The van der Waals surface area contributed by atoms with Gasteiger partial charge >= 0.3 is 0 Å². The molecule has 6 nitrogen and oxygen atoms in total. The molecule has 0 amide bonds. The summed E-state index contributed by atoms with van der Waals surface area (Å²) in [6, 6.07) is 11.1. The van der Waals surface area contributed by atoms with Gasteiger partial charge in [-0.15, -0.1) is 11.3 Å². The summed E-state index contributed by atoms with van der Waals surface area (Å²) >= 11 is 6.76. The SMILES string of the molecule is CCCCCCOc1ccccc1C(=O)/C=N\n1c(-c2cccs2)n[nH]c1=S. The number of para-hydroxylation sites is 1. The summed E-state index contributed by atoms with van der Waals surface area (Å²) in [5.74, 6) is 0.901. The van der Waals surface area contributed by atoms with E-state index in [-0.39, 0.29) is 5.78 Å². The number of H-pyrrole nitrogens is 1. The Labute approximate surface area is 172 Å². The van der Waals surface area contributed by atoms with Crippen molar-refractivity contribution in [3.05, 3.63) is 52.1 Å². The Bertz CT molecular complexity index is 990. The third-order valence-electron chi connectivity index (χ3n) is 4.09. The van der Waals surface area contributed by atoms with Gasteiger partial charge in [-0.25, -0.2) is 5.10 Å². The number of carbonyl (C=O) groups is 1. The molecule has 0 radical (unpaired) electrons. The van der Waals surface area contributed by atoms with Gasteiger partial charge in [0, 0.05) is 0 Å². The van der Waals surface area contributed by atoms with Crippen molar-refractivity contribution in [1.29, 1.82) is 0 Å². The van der Waals surface area contributed by atoms with E-state index in [2.05, 4.69) is 22.2 Å². The number of unbranched alkanes of at least 4 members (excludes halogenated alkanes) is 3. The number of thiophene rings is 1. The fourth-order valence-corrected chi connectivity index (χ4v) is 3.53. The topological polar surface area (TPSA) is 72.3 Å². The standard InChI is InChI=1S/C20H22N4O2S2/c1-2-3-4-7-12-26-17-10-6-5-9-15(17)16(25)14-21-24-19(22-23-20(24)27)18-11-8-13-28-18/h5-6,8-11,13-14H,2-4,7,12H2,1H3,(H,23,27)/b21-14-. The van der Waals surface area contributed by atoms with Gasteiger partial charge in [0.15, 0.2) is 5.82 Å². The van der Waals surface area contributed by atoms with E-state index in [9.17, 15) is 4.79 Å². The molecule has 1 N–H and O–H groups in total. The Balaban J connectivity index is 1.74. The fourth-order valence-electron chi connectivity index (χ4n) is 2.65. The number of nitrogens with one attached hydrogen (secondary N) is 1. The van der Waals surface area contributed by atoms with Crippen LogP contribution in [0, 0.1) is 4.77 Å². The first-order valence-corrected chi connectivity index (χ1v) is 10.5. The zero-order valence-corrected chi connectivity index (χ0v) is 17.3. The third kappa shape index (κ3) is 5.02. The van der Waals surface area contributed by atoms with Crippen LogP contribution in [0.1, 0.15) is 43.0 Å². The Morgan fingerprint density at radius 2 is 2.14 bits per heavy atom. The molecule has 0 saturated heterocycles. The normalized spacial score (nSPS) is 11.2. The molecule has 0 spiro atoms. The van der Waals surface area contributed by atoms with E-state index >= 15 is 0 Å². The van der Waals surface area contributed by atoms with E-state index in [0.717, 1.165) is 17.7 Å². The van der Waals surface area contributed by atoms with Gasteiger partial charge in [-0.05, 0) is 42.2 Å². The molecule has 3 rings (SSSR count). The Kier molecular flexibility index (Phi) is 7.27. The second-order valence-electron chi connectivity index (χ2n) is 6.16. The highest BCUT2D eigenvalue weighted by molar-refractivity contribution is 7.71. The van der Waals surface area contributed by atoms with Crippen LogP contribution >= 0.6 is 23.6 Å². The molecule has 0 saturated carbocycles. The van der Waals surface area contributed by atoms with E-state index in [1.54, 1.807) is 6.07 Å². The summed E-state index contributed by atoms with van der Waals surface area (Å²) < 4.78 is 7.60. The molecule has 8 heteroatoms. The molecule has 0 unspecified atom stereocenters. The van der Waals surface area contributed by atoms with E-state index < -0.39 is 0 Å². The molecule has 28 heavy (non-hydrogen) atoms. The molecule has 0 aliphatic heterocycles. The number of ketones is 1. The second-order valence-corrected chi connectivity index (χ2v) is 7.49. The van der Waals surface area contributed by atoms with Crippen LogP contribution in [0.4, 0.5) is 0 Å². The highest BCUT2D eigenvalue weighted by atomic mass is 32.1. The lowest BCUT2D eigenvalue weighted by Crippen LogP contribution is -2.07. The molecule has 0 fully saturated rings. The number of carbonyl (C=O) groups excluding carboxylic acids is 1. The maximum Gasteiger partial charge on any atom is 0.216 e.